The van der Waals surface area contributed by atoms with Gasteiger partial charge in [-0.15, -0.1) is 0 Å². The Kier molecular flexibility index (Phi) is 7.12. The molecular formula is C17H32N2O2. The van der Waals surface area contributed by atoms with Gasteiger partial charge in [-0.25, -0.2) is 0 Å². The number of nitrogens with zero attached hydrogens (tertiary/aromatic N) is 1. The third-order valence-corrected chi connectivity index (χ3v) is 3.94. The molecule has 0 radical (unpaired) electrons. The molecule has 1 aliphatic carbocycles. The van der Waals surface area contributed by atoms with Gasteiger partial charge in [-0.05, 0) is 59.8 Å². The number of ether oxygens (including phenoxy) is 2. The largest absolute Gasteiger partial charge is 0.379 e. The summed E-state index contributed by atoms with van der Waals surface area (Å²) in [5.74, 6) is 0.397. The van der Waals surface area contributed by atoms with Crippen molar-refractivity contribution >= 4 is 0 Å². The van der Waals surface area contributed by atoms with Gasteiger partial charge in [0.2, 0.25) is 0 Å². The first-order valence-electron chi connectivity index (χ1n) is 8.20. The minimum absolute atomic E-state index is 0.105. The van der Waals surface area contributed by atoms with Crippen molar-refractivity contribution in [3.63, 3.8) is 0 Å². The SMILES string of the molecule is CC(C)NC1(C#N)CCCC1CCOCCOC(C)(C)C. The smallest absolute Gasteiger partial charge is 0.109 e. The maximum atomic E-state index is 9.59. The second-order valence-electron chi connectivity index (χ2n) is 7.33. The first kappa shape index (κ1) is 18.4. The van der Waals surface area contributed by atoms with E-state index in [0.717, 1.165) is 25.7 Å². The molecule has 0 heterocycles. The summed E-state index contributed by atoms with van der Waals surface area (Å²) in [4.78, 5) is 0. The maximum absolute atomic E-state index is 9.59. The average Bonchev–Trinajstić information content (AvgIpc) is 2.75. The average molecular weight is 296 g/mol. The predicted octanol–water partition coefficient (Wildman–Crippen LogP) is 3.27. The van der Waals surface area contributed by atoms with E-state index in [1.54, 1.807) is 0 Å². The number of hydrogen-bond acceptors (Lipinski definition) is 4. The molecule has 2 atom stereocenters. The standard InChI is InChI=1S/C17H32N2O2/c1-14(2)19-17(13-18)9-6-7-15(17)8-10-20-11-12-21-16(3,4)5/h14-15,19H,6-12H2,1-5H3. The molecule has 21 heavy (non-hydrogen) atoms. The molecular weight excluding hydrogens is 264 g/mol. The predicted molar refractivity (Wildman–Crippen MR) is 85.1 cm³/mol. The Morgan fingerprint density at radius 1 is 1.29 bits per heavy atom. The van der Waals surface area contributed by atoms with E-state index in [2.05, 4.69) is 25.2 Å². The lowest BCUT2D eigenvalue weighted by Crippen LogP contribution is -2.50. The molecule has 0 saturated heterocycles. The molecule has 0 aliphatic heterocycles. The van der Waals surface area contributed by atoms with Crippen LogP contribution in [0.3, 0.4) is 0 Å². The topological polar surface area (TPSA) is 54.3 Å². The first-order valence-corrected chi connectivity index (χ1v) is 8.20. The van der Waals surface area contributed by atoms with Crippen LogP contribution in [-0.2, 0) is 9.47 Å². The Labute approximate surface area is 130 Å². The zero-order valence-electron chi connectivity index (χ0n) is 14.4. The Morgan fingerprint density at radius 3 is 2.57 bits per heavy atom. The summed E-state index contributed by atoms with van der Waals surface area (Å²) in [6, 6.07) is 2.88. The highest BCUT2D eigenvalue weighted by atomic mass is 16.5. The molecule has 0 bridgehead atoms. The highest BCUT2D eigenvalue weighted by Crippen LogP contribution is 2.37. The zero-order valence-corrected chi connectivity index (χ0v) is 14.4. The summed E-state index contributed by atoms with van der Waals surface area (Å²) in [7, 11) is 0. The van der Waals surface area contributed by atoms with Gasteiger partial charge in [0.05, 0.1) is 24.9 Å². The second kappa shape index (κ2) is 8.12. The molecule has 1 N–H and O–H groups in total. The normalized spacial score (nSPS) is 26.2. The molecule has 0 aromatic rings. The van der Waals surface area contributed by atoms with Gasteiger partial charge in [0.25, 0.3) is 0 Å². The summed E-state index contributed by atoms with van der Waals surface area (Å²) in [5, 5.41) is 13.1. The fraction of sp³-hybridized carbons (Fsp3) is 0.941. The summed E-state index contributed by atoms with van der Waals surface area (Å²) in [6.45, 7) is 12.3. The van der Waals surface area contributed by atoms with E-state index in [4.69, 9.17) is 9.47 Å². The number of hydrogen-bond donors (Lipinski definition) is 1. The van der Waals surface area contributed by atoms with Crippen LogP contribution in [0.4, 0.5) is 0 Å². The molecule has 0 amide bonds. The van der Waals surface area contributed by atoms with Gasteiger partial charge >= 0.3 is 0 Å². The fourth-order valence-electron chi connectivity index (χ4n) is 3.09. The van der Waals surface area contributed by atoms with Crippen molar-refractivity contribution in [2.75, 3.05) is 19.8 Å². The molecule has 0 aromatic carbocycles. The summed E-state index contributed by atoms with van der Waals surface area (Å²) < 4.78 is 11.3. The van der Waals surface area contributed by atoms with Crippen LogP contribution in [0.1, 0.15) is 60.3 Å². The minimum atomic E-state index is -0.348. The van der Waals surface area contributed by atoms with Crippen LogP contribution in [0, 0.1) is 17.2 Å². The van der Waals surface area contributed by atoms with E-state index in [9.17, 15) is 5.26 Å². The molecule has 1 rings (SSSR count). The van der Waals surface area contributed by atoms with E-state index in [1.807, 2.05) is 20.8 Å². The molecule has 4 nitrogen and oxygen atoms in total. The van der Waals surface area contributed by atoms with Gasteiger partial charge in [0, 0.05) is 12.6 Å². The highest BCUT2D eigenvalue weighted by Gasteiger charge is 2.42. The van der Waals surface area contributed by atoms with Crippen LogP contribution in [0.15, 0.2) is 0 Å². The summed E-state index contributed by atoms with van der Waals surface area (Å²) in [6.07, 6.45) is 4.16. The van der Waals surface area contributed by atoms with Gasteiger partial charge < -0.3 is 9.47 Å². The highest BCUT2D eigenvalue weighted by molar-refractivity contribution is 5.14. The van der Waals surface area contributed by atoms with Crippen molar-refractivity contribution in [2.45, 2.75) is 77.5 Å². The Hall–Kier alpha value is -0.630. The molecule has 0 aromatic heterocycles. The lowest BCUT2D eigenvalue weighted by molar-refractivity contribution is -0.0366. The Balaban J connectivity index is 2.29. The van der Waals surface area contributed by atoms with Crippen LogP contribution in [0.2, 0.25) is 0 Å². The van der Waals surface area contributed by atoms with Crippen molar-refractivity contribution in [1.29, 1.82) is 5.26 Å². The summed E-state index contributed by atoms with van der Waals surface area (Å²) in [5.41, 5.74) is -0.453. The zero-order chi connectivity index (χ0) is 15.9. The van der Waals surface area contributed by atoms with Crippen LogP contribution in [0.25, 0.3) is 0 Å². The number of rotatable bonds is 8. The van der Waals surface area contributed by atoms with Crippen molar-refractivity contribution in [2.24, 2.45) is 5.92 Å². The lowest BCUT2D eigenvalue weighted by Gasteiger charge is -2.32. The van der Waals surface area contributed by atoms with E-state index in [1.165, 1.54) is 0 Å². The van der Waals surface area contributed by atoms with Crippen LogP contribution in [0.5, 0.6) is 0 Å². The molecule has 1 fully saturated rings. The molecule has 1 aliphatic rings. The molecule has 0 spiro atoms. The third kappa shape index (κ3) is 6.34. The maximum Gasteiger partial charge on any atom is 0.109 e. The molecule has 1 saturated carbocycles. The fourth-order valence-corrected chi connectivity index (χ4v) is 3.09. The van der Waals surface area contributed by atoms with E-state index < -0.39 is 0 Å². The number of nitrogens with one attached hydrogen (secondary N) is 1. The van der Waals surface area contributed by atoms with Crippen molar-refractivity contribution in [3.05, 3.63) is 0 Å². The van der Waals surface area contributed by atoms with Gasteiger partial charge in [-0.2, -0.15) is 5.26 Å². The first-order chi connectivity index (χ1) is 9.79. The van der Waals surface area contributed by atoms with Crippen LogP contribution in [-0.4, -0.2) is 37.0 Å². The van der Waals surface area contributed by atoms with E-state index >= 15 is 0 Å². The Morgan fingerprint density at radius 2 is 2.00 bits per heavy atom. The lowest BCUT2D eigenvalue weighted by atomic mass is 9.85. The van der Waals surface area contributed by atoms with Crippen LogP contribution < -0.4 is 5.32 Å². The second-order valence-corrected chi connectivity index (χ2v) is 7.33. The van der Waals surface area contributed by atoms with E-state index in [0.29, 0.717) is 31.8 Å². The molecule has 122 valence electrons. The third-order valence-electron chi connectivity index (χ3n) is 3.94. The van der Waals surface area contributed by atoms with E-state index in [-0.39, 0.29) is 11.1 Å². The van der Waals surface area contributed by atoms with Gasteiger partial charge in [0.1, 0.15) is 5.54 Å². The van der Waals surface area contributed by atoms with Crippen molar-refractivity contribution in [1.82, 2.24) is 5.32 Å². The molecule has 4 heteroatoms. The van der Waals surface area contributed by atoms with Crippen LogP contribution >= 0.6 is 0 Å². The minimum Gasteiger partial charge on any atom is -0.379 e. The summed E-state index contributed by atoms with van der Waals surface area (Å²) >= 11 is 0. The Bertz CT molecular complexity index is 344. The molecule has 2 unspecified atom stereocenters. The van der Waals surface area contributed by atoms with Gasteiger partial charge in [0.15, 0.2) is 0 Å². The van der Waals surface area contributed by atoms with Crippen molar-refractivity contribution in [3.8, 4) is 6.07 Å². The monoisotopic (exact) mass is 296 g/mol. The number of nitriles is 1. The quantitative estimate of drug-likeness (QED) is 0.698. The van der Waals surface area contributed by atoms with Gasteiger partial charge in [-0.3, -0.25) is 5.32 Å². The van der Waals surface area contributed by atoms with Crippen molar-refractivity contribution < 1.29 is 9.47 Å². The van der Waals surface area contributed by atoms with Gasteiger partial charge in [-0.1, -0.05) is 6.42 Å².